The van der Waals surface area contributed by atoms with Gasteiger partial charge in [-0.05, 0) is 17.2 Å². The Hall–Kier alpha value is -1.91. The maximum Gasteiger partial charge on any atom is 0.213 e. The van der Waals surface area contributed by atoms with Crippen molar-refractivity contribution in [1.82, 2.24) is 4.98 Å². The fourth-order valence-electron chi connectivity index (χ4n) is 1.76. The largest absolute Gasteiger partial charge is 0.478 e. The summed E-state index contributed by atoms with van der Waals surface area (Å²) in [5.74, 6) is 0.621. The summed E-state index contributed by atoms with van der Waals surface area (Å²) in [5, 5.41) is 0. The minimum Gasteiger partial charge on any atom is -0.478 e. The van der Waals surface area contributed by atoms with Gasteiger partial charge in [-0.2, -0.15) is 0 Å². The lowest BCUT2D eigenvalue weighted by atomic mass is 10.2. The van der Waals surface area contributed by atoms with Crippen LogP contribution < -0.4 is 10.5 Å². The van der Waals surface area contributed by atoms with Gasteiger partial charge in [-0.25, -0.2) is 4.98 Å². The van der Waals surface area contributed by atoms with Gasteiger partial charge in [-0.15, -0.1) is 0 Å². The van der Waals surface area contributed by atoms with Crippen LogP contribution in [0.5, 0.6) is 5.88 Å². The topological polar surface area (TPSA) is 57.4 Å². The van der Waals surface area contributed by atoms with Crippen molar-refractivity contribution in [3.8, 4) is 5.88 Å². The zero-order valence-corrected chi connectivity index (χ0v) is 11.5. The number of aromatic nitrogens is 1. The van der Waals surface area contributed by atoms with E-state index < -0.39 is 0 Å². The first-order valence-corrected chi connectivity index (χ1v) is 6.78. The first kappa shape index (κ1) is 14.5. The Bertz CT molecular complexity index is 503. The van der Waals surface area contributed by atoms with Crippen LogP contribution in [0.15, 0.2) is 48.7 Å². The molecule has 2 N–H and O–H groups in total. The van der Waals surface area contributed by atoms with Crippen molar-refractivity contribution in [2.24, 2.45) is 5.73 Å². The second kappa shape index (κ2) is 8.30. The van der Waals surface area contributed by atoms with E-state index in [1.54, 1.807) is 6.20 Å². The van der Waals surface area contributed by atoms with E-state index in [0.717, 1.165) is 12.0 Å². The minimum atomic E-state index is 0.499. The van der Waals surface area contributed by atoms with Gasteiger partial charge in [0.25, 0.3) is 0 Å². The van der Waals surface area contributed by atoms with Crippen molar-refractivity contribution < 1.29 is 9.47 Å². The van der Waals surface area contributed by atoms with Crippen molar-refractivity contribution in [3.05, 3.63) is 59.8 Å². The van der Waals surface area contributed by atoms with Crippen LogP contribution in [0.4, 0.5) is 0 Å². The van der Waals surface area contributed by atoms with Gasteiger partial charge in [-0.3, -0.25) is 0 Å². The first-order chi connectivity index (χ1) is 9.88. The highest BCUT2D eigenvalue weighted by molar-refractivity contribution is 5.20. The van der Waals surface area contributed by atoms with Gasteiger partial charge in [0.2, 0.25) is 5.88 Å². The van der Waals surface area contributed by atoms with E-state index in [4.69, 9.17) is 15.2 Å². The summed E-state index contributed by atoms with van der Waals surface area (Å²) in [7, 11) is 0. The fraction of sp³-hybridized carbons (Fsp3) is 0.312. The van der Waals surface area contributed by atoms with Crippen molar-refractivity contribution in [3.63, 3.8) is 0 Å². The second-order valence-corrected chi connectivity index (χ2v) is 4.45. The molecular formula is C16H20N2O2. The quantitative estimate of drug-likeness (QED) is 0.750. The van der Waals surface area contributed by atoms with Gasteiger partial charge >= 0.3 is 0 Å². The summed E-state index contributed by atoms with van der Waals surface area (Å²) in [4.78, 5) is 4.13. The Morgan fingerprint density at radius 1 is 1.00 bits per heavy atom. The van der Waals surface area contributed by atoms with Crippen LogP contribution in [0.3, 0.4) is 0 Å². The molecule has 1 aromatic heterocycles. The molecule has 4 heteroatoms. The number of ether oxygens (including phenoxy) is 2. The molecule has 2 aromatic rings. The molecular weight excluding hydrogens is 252 g/mol. The fourth-order valence-corrected chi connectivity index (χ4v) is 1.76. The predicted octanol–water partition coefficient (Wildman–Crippen LogP) is 2.53. The Morgan fingerprint density at radius 2 is 1.85 bits per heavy atom. The maximum absolute atomic E-state index is 5.58. The zero-order chi connectivity index (χ0) is 14.0. The average molecular weight is 272 g/mol. The highest BCUT2D eigenvalue weighted by atomic mass is 16.5. The molecule has 0 saturated carbocycles. The molecule has 0 atom stereocenters. The summed E-state index contributed by atoms with van der Waals surface area (Å²) in [5.41, 5.74) is 7.77. The van der Waals surface area contributed by atoms with Crippen LogP contribution in [0, 0.1) is 0 Å². The SMILES string of the molecule is NCc1ccnc(OCCCOCc2ccccc2)c1. The van der Waals surface area contributed by atoms with E-state index in [1.807, 2.05) is 30.3 Å². The van der Waals surface area contributed by atoms with E-state index >= 15 is 0 Å². The lowest BCUT2D eigenvalue weighted by Gasteiger charge is -2.07. The first-order valence-electron chi connectivity index (χ1n) is 6.78. The third-order valence-electron chi connectivity index (χ3n) is 2.83. The van der Waals surface area contributed by atoms with Crippen LogP contribution in [0.2, 0.25) is 0 Å². The van der Waals surface area contributed by atoms with Crippen LogP contribution in [-0.2, 0) is 17.9 Å². The molecule has 0 amide bonds. The van der Waals surface area contributed by atoms with Crippen molar-refractivity contribution in [2.75, 3.05) is 13.2 Å². The molecule has 1 heterocycles. The summed E-state index contributed by atoms with van der Waals surface area (Å²) >= 11 is 0. The zero-order valence-electron chi connectivity index (χ0n) is 11.5. The van der Waals surface area contributed by atoms with Gasteiger partial charge in [0.05, 0.1) is 19.8 Å². The summed E-state index contributed by atoms with van der Waals surface area (Å²) < 4.78 is 11.1. The van der Waals surface area contributed by atoms with Gasteiger partial charge in [0, 0.05) is 25.2 Å². The van der Waals surface area contributed by atoms with Crippen LogP contribution >= 0.6 is 0 Å². The van der Waals surface area contributed by atoms with Crippen molar-refractivity contribution in [1.29, 1.82) is 0 Å². The maximum atomic E-state index is 5.58. The molecule has 1 aromatic carbocycles. The van der Waals surface area contributed by atoms with Gasteiger partial charge in [0.1, 0.15) is 0 Å². The number of nitrogens with zero attached hydrogens (tertiary/aromatic N) is 1. The van der Waals surface area contributed by atoms with E-state index in [-0.39, 0.29) is 0 Å². The van der Waals surface area contributed by atoms with E-state index in [0.29, 0.717) is 32.2 Å². The van der Waals surface area contributed by atoms with Crippen LogP contribution in [0.1, 0.15) is 17.5 Å². The Kier molecular flexibility index (Phi) is 6.02. The van der Waals surface area contributed by atoms with Gasteiger partial charge < -0.3 is 15.2 Å². The normalized spacial score (nSPS) is 10.4. The van der Waals surface area contributed by atoms with Gasteiger partial charge in [-0.1, -0.05) is 30.3 Å². The number of pyridine rings is 1. The molecule has 0 saturated heterocycles. The highest BCUT2D eigenvalue weighted by Crippen LogP contribution is 2.09. The minimum absolute atomic E-state index is 0.499. The van der Waals surface area contributed by atoms with E-state index in [1.165, 1.54) is 5.56 Å². The third kappa shape index (κ3) is 4.99. The van der Waals surface area contributed by atoms with Crippen LogP contribution in [0.25, 0.3) is 0 Å². The molecule has 0 fully saturated rings. The van der Waals surface area contributed by atoms with Crippen molar-refractivity contribution >= 4 is 0 Å². The molecule has 20 heavy (non-hydrogen) atoms. The summed E-state index contributed by atoms with van der Waals surface area (Å²) in [6, 6.07) is 13.9. The molecule has 2 rings (SSSR count). The molecule has 0 aliphatic heterocycles. The van der Waals surface area contributed by atoms with Crippen LogP contribution in [-0.4, -0.2) is 18.2 Å². The lowest BCUT2D eigenvalue weighted by Crippen LogP contribution is -2.05. The van der Waals surface area contributed by atoms with E-state index in [9.17, 15) is 0 Å². The predicted molar refractivity (Wildman–Crippen MR) is 78.3 cm³/mol. The third-order valence-corrected chi connectivity index (χ3v) is 2.83. The molecule has 0 aliphatic rings. The lowest BCUT2D eigenvalue weighted by molar-refractivity contribution is 0.106. The molecule has 0 spiro atoms. The summed E-state index contributed by atoms with van der Waals surface area (Å²) in [6.45, 7) is 2.40. The highest BCUT2D eigenvalue weighted by Gasteiger charge is 1.97. The number of hydrogen-bond acceptors (Lipinski definition) is 4. The Labute approximate surface area is 119 Å². The molecule has 4 nitrogen and oxygen atoms in total. The summed E-state index contributed by atoms with van der Waals surface area (Å²) in [6.07, 6.45) is 2.55. The standard InChI is InChI=1S/C16H20N2O2/c17-12-15-7-8-18-16(11-15)20-10-4-9-19-13-14-5-2-1-3-6-14/h1-3,5-8,11H,4,9-10,12-13,17H2. The Balaban J connectivity index is 1.59. The molecule has 0 bridgehead atoms. The monoisotopic (exact) mass is 272 g/mol. The molecule has 0 unspecified atom stereocenters. The average Bonchev–Trinajstić information content (AvgIpc) is 2.52. The second-order valence-electron chi connectivity index (χ2n) is 4.45. The number of benzene rings is 1. The smallest absolute Gasteiger partial charge is 0.213 e. The number of rotatable bonds is 8. The van der Waals surface area contributed by atoms with Gasteiger partial charge in [0.15, 0.2) is 0 Å². The molecule has 0 radical (unpaired) electrons. The molecule has 0 aliphatic carbocycles. The molecule has 106 valence electrons. The van der Waals surface area contributed by atoms with E-state index in [2.05, 4.69) is 17.1 Å². The van der Waals surface area contributed by atoms with Crippen molar-refractivity contribution in [2.45, 2.75) is 19.6 Å². The Morgan fingerprint density at radius 3 is 2.65 bits per heavy atom. The number of nitrogens with two attached hydrogens (primary N) is 1. The number of hydrogen-bond donors (Lipinski definition) is 1.